The number of nitrogens with zero attached hydrogens (tertiary/aromatic N) is 1. The monoisotopic (exact) mass is 333 g/mol. The van der Waals surface area contributed by atoms with Crippen molar-refractivity contribution in [1.29, 1.82) is 0 Å². The van der Waals surface area contributed by atoms with Gasteiger partial charge in [-0.2, -0.15) is 0 Å². The average molecular weight is 335 g/mol. The minimum absolute atomic E-state index is 0.138. The van der Waals surface area contributed by atoms with Crippen LogP contribution in [0, 0.1) is 11.6 Å². The van der Waals surface area contributed by atoms with Crippen molar-refractivity contribution in [3.63, 3.8) is 0 Å². The predicted octanol–water partition coefficient (Wildman–Crippen LogP) is 4.10. The van der Waals surface area contributed by atoms with Crippen molar-refractivity contribution in [3.05, 3.63) is 45.5 Å². The molecular formula is C11H7BrClF2N3. The summed E-state index contributed by atoms with van der Waals surface area (Å²) in [7, 11) is 0. The molecule has 0 saturated carbocycles. The third-order valence-corrected chi connectivity index (χ3v) is 2.80. The SMILES string of the molecule is Nc1cc(Cl)cnc1Nc1c(F)cc(Br)cc1F. The second-order valence-electron chi connectivity index (χ2n) is 3.46. The van der Waals surface area contributed by atoms with Crippen molar-refractivity contribution in [1.82, 2.24) is 4.98 Å². The van der Waals surface area contributed by atoms with Gasteiger partial charge in [-0.05, 0) is 18.2 Å². The Hall–Kier alpha value is -1.40. The van der Waals surface area contributed by atoms with Crippen LogP contribution in [0.4, 0.5) is 26.0 Å². The number of pyridine rings is 1. The van der Waals surface area contributed by atoms with E-state index in [4.69, 9.17) is 17.3 Å². The Labute approximate surface area is 115 Å². The van der Waals surface area contributed by atoms with Gasteiger partial charge < -0.3 is 11.1 Å². The first-order valence-electron chi connectivity index (χ1n) is 4.80. The molecule has 0 atom stereocenters. The zero-order valence-electron chi connectivity index (χ0n) is 8.85. The van der Waals surface area contributed by atoms with Gasteiger partial charge in [-0.15, -0.1) is 0 Å². The van der Waals surface area contributed by atoms with Crippen LogP contribution in [-0.4, -0.2) is 4.98 Å². The van der Waals surface area contributed by atoms with Crippen molar-refractivity contribution in [3.8, 4) is 0 Å². The van der Waals surface area contributed by atoms with Crippen molar-refractivity contribution in [2.24, 2.45) is 0 Å². The molecule has 3 N–H and O–H groups in total. The molecule has 1 aromatic carbocycles. The fraction of sp³-hybridized carbons (Fsp3) is 0. The molecule has 0 unspecified atom stereocenters. The van der Waals surface area contributed by atoms with Gasteiger partial charge in [0.2, 0.25) is 0 Å². The molecule has 0 bridgehead atoms. The molecule has 7 heteroatoms. The van der Waals surface area contributed by atoms with E-state index in [0.717, 1.165) is 12.1 Å². The molecule has 18 heavy (non-hydrogen) atoms. The maximum Gasteiger partial charge on any atom is 0.153 e. The molecule has 1 aromatic heterocycles. The molecule has 0 aliphatic carbocycles. The second-order valence-corrected chi connectivity index (χ2v) is 4.81. The van der Waals surface area contributed by atoms with Crippen LogP contribution in [0.3, 0.4) is 0 Å². The molecule has 2 aromatic rings. The Morgan fingerprint density at radius 2 is 1.83 bits per heavy atom. The first kappa shape index (κ1) is 13.0. The normalized spacial score (nSPS) is 10.4. The number of halogens is 4. The van der Waals surface area contributed by atoms with Crippen LogP contribution in [0.5, 0.6) is 0 Å². The van der Waals surface area contributed by atoms with Gasteiger partial charge in [0.1, 0.15) is 5.69 Å². The van der Waals surface area contributed by atoms with Crippen LogP contribution in [0.1, 0.15) is 0 Å². The van der Waals surface area contributed by atoms with Gasteiger partial charge in [0.15, 0.2) is 17.5 Å². The summed E-state index contributed by atoms with van der Waals surface area (Å²) in [6, 6.07) is 3.71. The summed E-state index contributed by atoms with van der Waals surface area (Å²) in [5.41, 5.74) is 5.51. The molecule has 0 radical (unpaired) electrons. The molecule has 2 rings (SSSR count). The zero-order chi connectivity index (χ0) is 13.3. The fourth-order valence-electron chi connectivity index (χ4n) is 1.34. The highest BCUT2D eigenvalue weighted by molar-refractivity contribution is 9.10. The first-order valence-corrected chi connectivity index (χ1v) is 5.97. The van der Waals surface area contributed by atoms with Gasteiger partial charge in [-0.1, -0.05) is 27.5 Å². The molecule has 1 heterocycles. The average Bonchev–Trinajstić information content (AvgIpc) is 2.25. The number of nitrogen functional groups attached to an aromatic ring is 1. The number of nitrogens with one attached hydrogen (secondary N) is 1. The molecule has 0 aliphatic rings. The quantitative estimate of drug-likeness (QED) is 0.869. The maximum atomic E-state index is 13.6. The van der Waals surface area contributed by atoms with E-state index < -0.39 is 11.6 Å². The number of hydrogen-bond donors (Lipinski definition) is 2. The van der Waals surface area contributed by atoms with Gasteiger partial charge in [-0.25, -0.2) is 13.8 Å². The maximum absolute atomic E-state index is 13.6. The molecule has 94 valence electrons. The van der Waals surface area contributed by atoms with Crippen LogP contribution in [0.2, 0.25) is 5.02 Å². The van der Waals surface area contributed by atoms with E-state index in [2.05, 4.69) is 26.2 Å². The lowest BCUT2D eigenvalue weighted by atomic mass is 10.3. The van der Waals surface area contributed by atoms with Gasteiger partial charge in [0, 0.05) is 10.7 Å². The predicted molar refractivity (Wildman–Crippen MR) is 71.0 cm³/mol. The Balaban J connectivity index is 2.40. The van der Waals surface area contributed by atoms with Crippen LogP contribution in [-0.2, 0) is 0 Å². The lowest BCUT2D eigenvalue weighted by Gasteiger charge is -2.10. The first-order chi connectivity index (χ1) is 8.47. The Kier molecular flexibility index (Phi) is 3.68. The summed E-state index contributed by atoms with van der Waals surface area (Å²) in [5.74, 6) is -1.37. The van der Waals surface area contributed by atoms with Crippen LogP contribution >= 0.6 is 27.5 Å². The molecule has 0 saturated heterocycles. The summed E-state index contributed by atoms with van der Waals surface area (Å²) in [6.07, 6.45) is 1.33. The van der Waals surface area contributed by atoms with Gasteiger partial charge >= 0.3 is 0 Å². The highest BCUT2D eigenvalue weighted by Crippen LogP contribution is 2.29. The van der Waals surface area contributed by atoms with Crippen molar-refractivity contribution >= 4 is 44.7 Å². The standard InChI is InChI=1S/C11H7BrClF2N3/c12-5-1-7(14)10(8(15)2-5)18-11-9(16)3-6(13)4-17-11/h1-4H,16H2,(H,17,18). The van der Waals surface area contributed by atoms with Crippen LogP contribution in [0.15, 0.2) is 28.9 Å². The Bertz CT molecular complexity index is 584. The van der Waals surface area contributed by atoms with Crippen molar-refractivity contribution < 1.29 is 8.78 Å². The van der Waals surface area contributed by atoms with Crippen LogP contribution < -0.4 is 11.1 Å². The Morgan fingerprint density at radius 3 is 2.39 bits per heavy atom. The zero-order valence-corrected chi connectivity index (χ0v) is 11.2. The van der Waals surface area contributed by atoms with E-state index in [0.29, 0.717) is 9.50 Å². The summed E-state index contributed by atoms with van der Waals surface area (Å²) >= 11 is 8.67. The van der Waals surface area contributed by atoms with E-state index in [1.807, 2.05) is 0 Å². The van der Waals surface area contributed by atoms with E-state index in [1.54, 1.807) is 0 Å². The highest BCUT2D eigenvalue weighted by atomic mass is 79.9. The lowest BCUT2D eigenvalue weighted by Crippen LogP contribution is -2.02. The van der Waals surface area contributed by atoms with E-state index in [-0.39, 0.29) is 17.2 Å². The number of anilines is 3. The minimum Gasteiger partial charge on any atom is -0.396 e. The largest absolute Gasteiger partial charge is 0.396 e. The number of benzene rings is 1. The van der Waals surface area contributed by atoms with Gasteiger partial charge in [0.25, 0.3) is 0 Å². The minimum atomic E-state index is -0.752. The number of aromatic nitrogens is 1. The second kappa shape index (κ2) is 5.07. The number of hydrogen-bond acceptors (Lipinski definition) is 3. The van der Waals surface area contributed by atoms with Crippen molar-refractivity contribution in [2.45, 2.75) is 0 Å². The van der Waals surface area contributed by atoms with Gasteiger partial charge in [0.05, 0.1) is 10.7 Å². The molecular weight excluding hydrogens is 327 g/mol. The fourth-order valence-corrected chi connectivity index (χ4v) is 1.91. The van der Waals surface area contributed by atoms with E-state index in [9.17, 15) is 8.78 Å². The third-order valence-electron chi connectivity index (χ3n) is 2.13. The molecule has 3 nitrogen and oxygen atoms in total. The number of rotatable bonds is 2. The molecule has 0 aliphatic heterocycles. The molecule has 0 fully saturated rings. The third kappa shape index (κ3) is 2.70. The summed E-state index contributed by atoms with van der Waals surface area (Å²) in [5, 5.41) is 2.84. The van der Waals surface area contributed by atoms with Crippen LogP contribution in [0.25, 0.3) is 0 Å². The smallest absolute Gasteiger partial charge is 0.153 e. The topological polar surface area (TPSA) is 50.9 Å². The highest BCUT2D eigenvalue weighted by Gasteiger charge is 2.12. The van der Waals surface area contributed by atoms with E-state index in [1.165, 1.54) is 12.3 Å². The summed E-state index contributed by atoms with van der Waals surface area (Å²) in [4.78, 5) is 3.86. The number of nitrogens with two attached hydrogens (primary N) is 1. The molecule has 0 spiro atoms. The molecule has 0 amide bonds. The Morgan fingerprint density at radius 1 is 1.22 bits per heavy atom. The van der Waals surface area contributed by atoms with Gasteiger partial charge in [-0.3, -0.25) is 0 Å². The van der Waals surface area contributed by atoms with E-state index >= 15 is 0 Å². The van der Waals surface area contributed by atoms with Crippen molar-refractivity contribution in [2.75, 3.05) is 11.1 Å². The summed E-state index contributed by atoms with van der Waals surface area (Å²) in [6.45, 7) is 0. The summed E-state index contributed by atoms with van der Waals surface area (Å²) < 4.78 is 27.5. The lowest BCUT2D eigenvalue weighted by molar-refractivity contribution is 0.589.